The Morgan fingerprint density at radius 2 is 2.07 bits per heavy atom. The lowest BCUT2D eigenvalue weighted by molar-refractivity contribution is -0.161. The number of nitrogens with zero attached hydrogens (tertiary/aromatic N) is 4. The summed E-state index contributed by atoms with van der Waals surface area (Å²) in [5.74, 6) is -1.42. The molecule has 1 fully saturated rings. The largest absolute Gasteiger partial charge is 0.460 e. The first-order valence-corrected chi connectivity index (χ1v) is 8.79. The van der Waals surface area contributed by atoms with Crippen LogP contribution in [0.4, 0.5) is 8.78 Å². The van der Waals surface area contributed by atoms with E-state index in [9.17, 15) is 18.4 Å². The molecule has 0 radical (unpaired) electrons. The molecule has 3 heterocycles. The Hall–Kier alpha value is -2.58. The second kappa shape index (κ2) is 7.21. The Labute approximate surface area is 155 Å². The zero-order chi connectivity index (χ0) is 19.8. The minimum atomic E-state index is -2.89. The fourth-order valence-electron chi connectivity index (χ4n) is 3.18. The van der Waals surface area contributed by atoms with Crippen LogP contribution in [-0.2, 0) is 9.53 Å². The summed E-state index contributed by atoms with van der Waals surface area (Å²) in [5.41, 5.74) is -1.21. The fraction of sp³-hybridized carbons (Fsp3) is 0.556. The lowest BCUT2D eigenvalue weighted by atomic mass is 9.97. The van der Waals surface area contributed by atoms with Crippen molar-refractivity contribution in [2.24, 2.45) is 5.92 Å². The summed E-state index contributed by atoms with van der Waals surface area (Å²) in [6.07, 6.45) is 2.45. The van der Waals surface area contributed by atoms with E-state index in [1.807, 2.05) is 0 Å². The number of aromatic nitrogens is 3. The van der Waals surface area contributed by atoms with Crippen LogP contribution < -0.4 is 0 Å². The standard InChI is InChI=1S/C18H22F2N4O3/c1-18(2,3)27-17(26)11-5-4-7-23(10-11)16(25)14-13(15(19)20)22-12-9-21-6-8-24(12)14/h6,8-9,11,15H,4-5,7,10H2,1-3H3. The van der Waals surface area contributed by atoms with Crippen LogP contribution in [0.15, 0.2) is 18.6 Å². The molecule has 2 aromatic heterocycles. The normalized spacial score (nSPS) is 18.1. The summed E-state index contributed by atoms with van der Waals surface area (Å²) >= 11 is 0. The SMILES string of the molecule is CC(C)(C)OC(=O)C1CCCN(C(=O)c2c(C(F)F)nc3cnccn23)C1. The summed E-state index contributed by atoms with van der Waals surface area (Å²) in [4.78, 5) is 34.5. The number of rotatable bonds is 3. The van der Waals surface area contributed by atoms with Crippen molar-refractivity contribution in [3.63, 3.8) is 0 Å². The third kappa shape index (κ3) is 4.06. The maximum atomic E-state index is 13.4. The van der Waals surface area contributed by atoms with E-state index in [0.29, 0.717) is 19.4 Å². The predicted octanol–water partition coefficient (Wildman–Crippen LogP) is 2.86. The van der Waals surface area contributed by atoms with Gasteiger partial charge in [-0.3, -0.25) is 19.0 Å². The second-order valence-electron chi connectivity index (χ2n) is 7.57. The number of alkyl halides is 2. The van der Waals surface area contributed by atoms with Gasteiger partial charge in [0.05, 0.1) is 12.1 Å². The minimum Gasteiger partial charge on any atom is -0.460 e. The topological polar surface area (TPSA) is 76.8 Å². The van der Waals surface area contributed by atoms with Crippen LogP contribution >= 0.6 is 0 Å². The zero-order valence-corrected chi connectivity index (χ0v) is 15.5. The van der Waals surface area contributed by atoms with Crippen molar-refractivity contribution in [2.45, 2.75) is 45.6 Å². The maximum Gasteiger partial charge on any atom is 0.311 e. The molecule has 0 bridgehead atoms. The van der Waals surface area contributed by atoms with E-state index in [2.05, 4.69) is 9.97 Å². The molecule has 1 atom stereocenters. The summed E-state index contributed by atoms with van der Waals surface area (Å²) in [6, 6.07) is 0. The first kappa shape index (κ1) is 19.2. The van der Waals surface area contributed by atoms with Crippen molar-refractivity contribution in [1.82, 2.24) is 19.3 Å². The molecule has 1 aliphatic rings. The highest BCUT2D eigenvalue weighted by Crippen LogP contribution is 2.27. The monoisotopic (exact) mass is 380 g/mol. The van der Waals surface area contributed by atoms with Crippen LogP contribution in [0.25, 0.3) is 5.65 Å². The Balaban J connectivity index is 1.87. The fourth-order valence-corrected chi connectivity index (χ4v) is 3.18. The molecule has 0 aliphatic carbocycles. The number of likely N-dealkylation sites (tertiary alicyclic amines) is 1. The molecule has 0 N–H and O–H groups in total. The molecular formula is C18H22F2N4O3. The second-order valence-corrected chi connectivity index (χ2v) is 7.57. The number of piperidine rings is 1. The van der Waals surface area contributed by atoms with E-state index in [4.69, 9.17) is 4.74 Å². The number of hydrogen-bond donors (Lipinski definition) is 0. The molecule has 1 unspecified atom stereocenters. The van der Waals surface area contributed by atoms with Crippen molar-refractivity contribution in [3.05, 3.63) is 30.0 Å². The van der Waals surface area contributed by atoms with E-state index < -0.39 is 29.5 Å². The lowest BCUT2D eigenvalue weighted by Gasteiger charge is -2.33. The third-order valence-electron chi connectivity index (χ3n) is 4.32. The van der Waals surface area contributed by atoms with Crippen LogP contribution in [0, 0.1) is 5.92 Å². The Kier molecular flexibility index (Phi) is 5.12. The average Bonchev–Trinajstić information content (AvgIpc) is 2.99. The molecule has 0 spiro atoms. The molecule has 146 valence electrons. The van der Waals surface area contributed by atoms with Gasteiger partial charge in [-0.15, -0.1) is 0 Å². The summed E-state index contributed by atoms with van der Waals surface area (Å²) in [7, 11) is 0. The first-order valence-electron chi connectivity index (χ1n) is 8.79. The van der Waals surface area contributed by atoms with Crippen molar-refractivity contribution in [3.8, 4) is 0 Å². The van der Waals surface area contributed by atoms with Crippen molar-refractivity contribution >= 4 is 17.5 Å². The van der Waals surface area contributed by atoms with Gasteiger partial charge in [0.15, 0.2) is 5.65 Å². The summed E-state index contributed by atoms with van der Waals surface area (Å²) in [5, 5.41) is 0. The molecule has 2 aromatic rings. The van der Waals surface area contributed by atoms with Gasteiger partial charge in [-0.1, -0.05) is 0 Å². The maximum absolute atomic E-state index is 13.4. The number of hydrogen-bond acceptors (Lipinski definition) is 5. The highest BCUT2D eigenvalue weighted by molar-refractivity contribution is 5.95. The molecule has 1 amide bonds. The van der Waals surface area contributed by atoms with Crippen molar-refractivity contribution in [1.29, 1.82) is 0 Å². The van der Waals surface area contributed by atoms with Gasteiger partial charge in [0.2, 0.25) is 0 Å². The smallest absolute Gasteiger partial charge is 0.311 e. The van der Waals surface area contributed by atoms with Gasteiger partial charge in [-0.05, 0) is 33.6 Å². The van der Waals surface area contributed by atoms with Gasteiger partial charge in [-0.25, -0.2) is 13.8 Å². The van der Waals surface area contributed by atoms with Gasteiger partial charge < -0.3 is 9.64 Å². The lowest BCUT2D eigenvalue weighted by Crippen LogP contribution is -2.44. The summed E-state index contributed by atoms with van der Waals surface area (Å²) in [6.45, 7) is 5.85. The van der Waals surface area contributed by atoms with Gasteiger partial charge in [-0.2, -0.15) is 0 Å². The Bertz CT molecular complexity index is 860. The van der Waals surface area contributed by atoms with E-state index in [1.54, 1.807) is 20.8 Å². The number of carbonyl (C=O) groups is 2. The van der Waals surface area contributed by atoms with Gasteiger partial charge in [0.25, 0.3) is 12.3 Å². The van der Waals surface area contributed by atoms with Crippen molar-refractivity contribution < 1.29 is 23.1 Å². The van der Waals surface area contributed by atoms with Gasteiger partial charge in [0, 0.05) is 25.5 Å². The molecule has 3 rings (SSSR count). The highest BCUT2D eigenvalue weighted by atomic mass is 19.3. The van der Waals surface area contributed by atoms with Gasteiger partial charge in [0.1, 0.15) is 17.0 Å². The molecule has 1 aliphatic heterocycles. The number of carbonyl (C=O) groups excluding carboxylic acids is 2. The first-order chi connectivity index (χ1) is 12.7. The van der Waals surface area contributed by atoms with E-state index in [-0.39, 0.29) is 23.9 Å². The van der Waals surface area contributed by atoms with Gasteiger partial charge >= 0.3 is 5.97 Å². The molecule has 1 saturated heterocycles. The number of esters is 1. The van der Waals surface area contributed by atoms with Crippen molar-refractivity contribution in [2.75, 3.05) is 13.1 Å². The predicted molar refractivity (Wildman–Crippen MR) is 92.4 cm³/mol. The van der Waals surface area contributed by atoms with E-state index >= 15 is 0 Å². The quantitative estimate of drug-likeness (QED) is 0.766. The van der Waals surface area contributed by atoms with E-state index in [0.717, 1.165) is 0 Å². The van der Waals surface area contributed by atoms with Crippen LogP contribution in [0.2, 0.25) is 0 Å². The minimum absolute atomic E-state index is 0.134. The Morgan fingerprint density at radius 1 is 1.33 bits per heavy atom. The molecule has 0 saturated carbocycles. The number of amides is 1. The number of halogens is 2. The highest BCUT2D eigenvalue weighted by Gasteiger charge is 2.35. The summed E-state index contributed by atoms with van der Waals surface area (Å²) < 4.78 is 33.6. The number of ether oxygens (including phenoxy) is 1. The van der Waals surface area contributed by atoms with Crippen LogP contribution in [-0.4, -0.2) is 49.8 Å². The Morgan fingerprint density at radius 3 is 2.74 bits per heavy atom. The molecule has 27 heavy (non-hydrogen) atoms. The molecule has 7 nitrogen and oxygen atoms in total. The molecule has 0 aromatic carbocycles. The number of imidazole rings is 1. The van der Waals surface area contributed by atoms with Crippen LogP contribution in [0.5, 0.6) is 0 Å². The number of fused-ring (bicyclic) bond motifs is 1. The van der Waals surface area contributed by atoms with E-state index in [1.165, 1.54) is 27.9 Å². The van der Waals surface area contributed by atoms with Crippen LogP contribution in [0.3, 0.4) is 0 Å². The third-order valence-corrected chi connectivity index (χ3v) is 4.32. The average molecular weight is 380 g/mol. The molecule has 9 heteroatoms. The zero-order valence-electron chi connectivity index (χ0n) is 15.5. The van der Waals surface area contributed by atoms with Crippen LogP contribution in [0.1, 0.15) is 56.2 Å². The molecular weight excluding hydrogens is 358 g/mol.